The van der Waals surface area contributed by atoms with E-state index in [9.17, 15) is 0 Å². The van der Waals surface area contributed by atoms with Gasteiger partial charge in [0.2, 0.25) is 0 Å². The van der Waals surface area contributed by atoms with Crippen LogP contribution in [0.4, 0.5) is 0 Å². The number of nitrogens with zero attached hydrogens (tertiary/aromatic N) is 4. The van der Waals surface area contributed by atoms with E-state index in [1.54, 1.807) is 0 Å². The normalized spacial score (nSPS) is 11.6. The van der Waals surface area contributed by atoms with E-state index in [1.165, 1.54) is 21.5 Å². The van der Waals surface area contributed by atoms with Crippen molar-refractivity contribution in [3.8, 4) is 62.0 Å². The van der Waals surface area contributed by atoms with Gasteiger partial charge >= 0.3 is 0 Å². The van der Waals surface area contributed by atoms with Crippen LogP contribution < -0.4 is 0 Å². The van der Waals surface area contributed by atoms with Crippen LogP contribution in [-0.2, 0) is 0 Å². The molecule has 0 N–H and O–H groups in total. The lowest BCUT2D eigenvalue weighted by molar-refractivity contribution is 1.17. The average Bonchev–Trinajstić information content (AvgIpc) is 3.69. The van der Waals surface area contributed by atoms with Crippen molar-refractivity contribution in [2.45, 2.75) is 0 Å². The third-order valence-electron chi connectivity index (χ3n) is 12.0. The van der Waals surface area contributed by atoms with Crippen LogP contribution in [0.2, 0.25) is 0 Å². The van der Waals surface area contributed by atoms with Crippen LogP contribution in [0.1, 0.15) is 0 Å². The summed E-state index contributed by atoms with van der Waals surface area (Å²) in [7, 11) is 0. The lowest BCUT2D eigenvalue weighted by atomic mass is 9.92. The Hall–Kier alpha value is -8.21. The van der Waals surface area contributed by atoms with Crippen molar-refractivity contribution in [3.05, 3.63) is 218 Å². The van der Waals surface area contributed by atoms with Gasteiger partial charge in [0.05, 0.1) is 33.6 Å². The van der Waals surface area contributed by atoms with Crippen LogP contribution in [0, 0.1) is 0 Å². The molecule has 3 heterocycles. The molecule has 0 amide bonds. The average molecular weight is 777 g/mol. The van der Waals surface area contributed by atoms with E-state index >= 15 is 0 Å². The molecule has 12 rings (SSSR count). The Kier molecular flexibility index (Phi) is 8.13. The maximum atomic E-state index is 5.53. The summed E-state index contributed by atoms with van der Waals surface area (Å²) in [5, 5.41) is 8.27. The standard InChI is InChI=1S/C57H36N4/c1-4-16-38(17-5-1)50-36-52(60-57(59-50)40-18-6-2-7-19-40)47-33-32-44(45-24-12-13-25-46(45)47)37-28-30-39(31-29-37)55-56-54(49-34-41-20-10-11-21-42(41)35-51(49)58-55)48-26-14-15-27-53(48)61(56)43-22-8-3-9-23-43/h1-36H. The van der Waals surface area contributed by atoms with Gasteiger partial charge in [-0.1, -0.05) is 182 Å². The lowest BCUT2D eigenvalue weighted by Crippen LogP contribution is -1.97. The summed E-state index contributed by atoms with van der Waals surface area (Å²) in [5.41, 5.74) is 13.6. The molecule has 0 radical (unpaired) electrons. The molecule has 3 aromatic heterocycles. The Bertz CT molecular complexity index is 3560. The third kappa shape index (κ3) is 5.88. The van der Waals surface area contributed by atoms with Gasteiger partial charge in [0.1, 0.15) is 0 Å². The molecule has 284 valence electrons. The monoisotopic (exact) mass is 776 g/mol. The fourth-order valence-corrected chi connectivity index (χ4v) is 9.12. The van der Waals surface area contributed by atoms with E-state index in [0.717, 1.165) is 88.9 Å². The first kappa shape index (κ1) is 34.8. The van der Waals surface area contributed by atoms with Crippen molar-refractivity contribution < 1.29 is 0 Å². The molecule has 0 saturated heterocycles. The first-order chi connectivity index (χ1) is 30.2. The van der Waals surface area contributed by atoms with Gasteiger partial charge in [-0.3, -0.25) is 0 Å². The molecule has 0 aliphatic rings. The van der Waals surface area contributed by atoms with Gasteiger partial charge in [0.25, 0.3) is 0 Å². The highest BCUT2D eigenvalue weighted by atomic mass is 15.0. The molecule has 9 aromatic carbocycles. The zero-order valence-corrected chi connectivity index (χ0v) is 33.1. The smallest absolute Gasteiger partial charge is 0.160 e. The first-order valence-corrected chi connectivity index (χ1v) is 20.7. The minimum absolute atomic E-state index is 0.705. The van der Waals surface area contributed by atoms with Crippen molar-refractivity contribution in [1.82, 2.24) is 19.5 Å². The van der Waals surface area contributed by atoms with Crippen molar-refractivity contribution in [1.29, 1.82) is 0 Å². The summed E-state index contributed by atoms with van der Waals surface area (Å²) < 4.78 is 2.39. The highest BCUT2D eigenvalue weighted by Crippen LogP contribution is 2.43. The topological polar surface area (TPSA) is 43.6 Å². The lowest BCUT2D eigenvalue weighted by Gasteiger charge is -2.15. The Morgan fingerprint density at radius 2 is 0.902 bits per heavy atom. The van der Waals surface area contributed by atoms with E-state index in [0.29, 0.717) is 5.82 Å². The maximum Gasteiger partial charge on any atom is 0.160 e. The summed E-state index contributed by atoms with van der Waals surface area (Å²) in [6.45, 7) is 0. The number of pyridine rings is 1. The molecule has 61 heavy (non-hydrogen) atoms. The SMILES string of the molecule is c1ccc(-c2cc(-c3ccc(-c4ccc(-c5nc6cc7ccccc7cc6c6c7ccccc7n(-c7ccccc7)c56)cc4)c4ccccc34)nc(-c3ccccc3)n2)cc1. The number of aromatic nitrogens is 4. The minimum atomic E-state index is 0.705. The number of hydrogen-bond donors (Lipinski definition) is 0. The molecule has 0 fully saturated rings. The third-order valence-corrected chi connectivity index (χ3v) is 12.0. The Balaban J connectivity index is 1.03. The Morgan fingerprint density at radius 3 is 1.64 bits per heavy atom. The molecule has 0 spiro atoms. The summed E-state index contributed by atoms with van der Waals surface area (Å²) >= 11 is 0. The molecule has 0 atom stereocenters. The van der Waals surface area contributed by atoms with Crippen molar-refractivity contribution in [3.63, 3.8) is 0 Å². The van der Waals surface area contributed by atoms with Gasteiger partial charge < -0.3 is 4.57 Å². The van der Waals surface area contributed by atoms with E-state index in [2.05, 4.69) is 199 Å². The zero-order chi connectivity index (χ0) is 40.3. The quantitative estimate of drug-likeness (QED) is 0.158. The van der Waals surface area contributed by atoms with Crippen LogP contribution in [0.5, 0.6) is 0 Å². The second kappa shape index (κ2) is 14.3. The van der Waals surface area contributed by atoms with Gasteiger partial charge in [-0.05, 0) is 69.1 Å². The second-order valence-electron chi connectivity index (χ2n) is 15.6. The molecular formula is C57H36N4. The molecule has 0 bridgehead atoms. The number of fused-ring (bicyclic) bond motifs is 7. The summed E-state index contributed by atoms with van der Waals surface area (Å²) in [4.78, 5) is 15.8. The van der Waals surface area contributed by atoms with E-state index < -0.39 is 0 Å². The van der Waals surface area contributed by atoms with Crippen LogP contribution in [0.15, 0.2) is 218 Å². The predicted molar refractivity (Wildman–Crippen MR) is 254 cm³/mol. The minimum Gasteiger partial charge on any atom is -0.307 e. The maximum absolute atomic E-state index is 5.53. The molecular weight excluding hydrogens is 741 g/mol. The molecule has 12 aromatic rings. The Morgan fingerprint density at radius 1 is 0.344 bits per heavy atom. The largest absolute Gasteiger partial charge is 0.307 e. The molecule has 0 aliphatic heterocycles. The molecule has 0 unspecified atom stereocenters. The van der Waals surface area contributed by atoms with Crippen LogP contribution in [0.25, 0.3) is 116 Å². The summed E-state index contributed by atoms with van der Waals surface area (Å²) in [5.74, 6) is 0.705. The molecule has 0 aliphatic carbocycles. The van der Waals surface area contributed by atoms with E-state index in [1.807, 2.05) is 24.3 Å². The molecule has 4 nitrogen and oxygen atoms in total. The second-order valence-corrected chi connectivity index (χ2v) is 15.6. The predicted octanol–water partition coefficient (Wildman–Crippen LogP) is 14.8. The summed E-state index contributed by atoms with van der Waals surface area (Å²) in [6.07, 6.45) is 0. The fourth-order valence-electron chi connectivity index (χ4n) is 9.12. The van der Waals surface area contributed by atoms with Gasteiger partial charge in [0.15, 0.2) is 5.82 Å². The molecule has 0 saturated carbocycles. The number of hydrogen-bond acceptors (Lipinski definition) is 3. The fraction of sp³-hybridized carbons (Fsp3) is 0. The number of benzene rings is 9. The zero-order valence-electron chi connectivity index (χ0n) is 33.1. The first-order valence-electron chi connectivity index (χ1n) is 20.7. The highest BCUT2D eigenvalue weighted by molar-refractivity contribution is 6.25. The Labute approximate surface area is 352 Å². The van der Waals surface area contributed by atoms with Crippen molar-refractivity contribution >= 4 is 54.3 Å². The van der Waals surface area contributed by atoms with Crippen LogP contribution in [0.3, 0.4) is 0 Å². The molecule has 4 heteroatoms. The number of para-hydroxylation sites is 2. The van der Waals surface area contributed by atoms with Gasteiger partial charge in [-0.15, -0.1) is 0 Å². The van der Waals surface area contributed by atoms with Crippen LogP contribution in [-0.4, -0.2) is 19.5 Å². The summed E-state index contributed by atoms with van der Waals surface area (Å²) in [6, 6.07) is 77.3. The van der Waals surface area contributed by atoms with Crippen molar-refractivity contribution in [2.75, 3.05) is 0 Å². The van der Waals surface area contributed by atoms with E-state index in [-0.39, 0.29) is 0 Å². The van der Waals surface area contributed by atoms with E-state index in [4.69, 9.17) is 15.0 Å². The highest BCUT2D eigenvalue weighted by Gasteiger charge is 2.22. The van der Waals surface area contributed by atoms with Crippen molar-refractivity contribution in [2.24, 2.45) is 0 Å². The van der Waals surface area contributed by atoms with Gasteiger partial charge in [0, 0.05) is 44.1 Å². The van der Waals surface area contributed by atoms with Crippen LogP contribution >= 0.6 is 0 Å². The van der Waals surface area contributed by atoms with Gasteiger partial charge in [-0.2, -0.15) is 0 Å². The number of rotatable bonds is 6. The van der Waals surface area contributed by atoms with Gasteiger partial charge in [-0.25, -0.2) is 15.0 Å².